The summed E-state index contributed by atoms with van der Waals surface area (Å²) in [5, 5.41) is 9.57. The van der Waals surface area contributed by atoms with E-state index in [1.165, 1.54) is 0 Å². The molecule has 0 aliphatic rings. The quantitative estimate of drug-likeness (QED) is 0.749. The van der Waals surface area contributed by atoms with Crippen LogP contribution in [-0.4, -0.2) is 41.3 Å². The van der Waals surface area contributed by atoms with E-state index < -0.39 is 0 Å². The third-order valence-electron chi connectivity index (χ3n) is 2.93. The van der Waals surface area contributed by atoms with Crippen LogP contribution in [0.3, 0.4) is 0 Å². The fourth-order valence-electron chi connectivity index (χ4n) is 1.61. The molecule has 0 aromatic carbocycles. The number of rotatable bonds is 8. The molecule has 0 unspecified atom stereocenters. The molecule has 0 aliphatic carbocycles. The zero-order valence-electron chi connectivity index (χ0n) is 12.2. The molecule has 0 aliphatic heterocycles. The molecule has 0 fully saturated rings. The minimum absolute atomic E-state index is 0.00573. The SMILES string of the molecule is CCCc1nc(C(=O)NCC(C)(C)CCOC)n[nH]1. The molecule has 0 radical (unpaired) electrons. The molecule has 1 rings (SSSR count). The Morgan fingerprint density at radius 2 is 2.21 bits per heavy atom. The molecule has 1 aromatic heterocycles. The monoisotopic (exact) mass is 268 g/mol. The van der Waals surface area contributed by atoms with E-state index in [1.807, 2.05) is 0 Å². The second-order valence-corrected chi connectivity index (χ2v) is 5.45. The molecule has 0 spiro atoms. The van der Waals surface area contributed by atoms with E-state index in [0.29, 0.717) is 13.2 Å². The van der Waals surface area contributed by atoms with Gasteiger partial charge in [0.1, 0.15) is 5.82 Å². The highest BCUT2D eigenvalue weighted by Gasteiger charge is 2.20. The summed E-state index contributed by atoms with van der Waals surface area (Å²) in [6, 6.07) is 0. The van der Waals surface area contributed by atoms with Crippen molar-refractivity contribution in [1.29, 1.82) is 0 Å². The van der Waals surface area contributed by atoms with Crippen molar-refractivity contribution in [1.82, 2.24) is 20.5 Å². The standard InChI is InChI=1S/C13H24N4O2/c1-5-6-10-15-11(17-16-10)12(18)14-9-13(2,3)7-8-19-4/h5-9H2,1-4H3,(H,14,18)(H,15,16,17). The van der Waals surface area contributed by atoms with Crippen LogP contribution in [0, 0.1) is 5.41 Å². The first-order valence-electron chi connectivity index (χ1n) is 6.67. The predicted octanol–water partition coefficient (Wildman–Crippen LogP) is 1.55. The maximum atomic E-state index is 11.9. The van der Waals surface area contributed by atoms with Crippen molar-refractivity contribution < 1.29 is 9.53 Å². The van der Waals surface area contributed by atoms with E-state index in [1.54, 1.807) is 7.11 Å². The van der Waals surface area contributed by atoms with Gasteiger partial charge in [-0.3, -0.25) is 9.89 Å². The lowest BCUT2D eigenvalue weighted by Gasteiger charge is -2.24. The van der Waals surface area contributed by atoms with E-state index in [0.717, 1.165) is 25.1 Å². The van der Waals surface area contributed by atoms with Gasteiger partial charge in [-0.1, -0.05) is 20.8 Å². The molecule has 6 heteroatoms. The number of methoxy groups -OCH3 is 1. The van der Waals surface area contributed by atoms with Crippen molar-refractivity contribution in [2.45, 2.75) is 40.0 Å². The smallest absolute Gasteiger partial charge is 0.290 e. The second-order valence-electron chi connectivity index (χ2n) is 5.45. The number of aryl methyl sites for hydroxylation is 1. The third kappa shape index (κ3) is 5.38. The Kier molecular flexibility index (Phi) is 5.95. The van der Waals surface area contributed by atoms with Crippen LogP contribution in [0.15, 0.2) is 0 Å². The molecule has 0 atom stereocenters. The Morgan fingerprint density at radius 3 is 2.84 bits per heavy atom. The van der Waals surface area contributed by atoms with Gasteiger partial charge < -0.3 is 10.1 Å². The Morgan fingerprint density at radius 1 is 1.47 bits per heavy atom. The molecule has 6 nitrogen and oxygen atoms in total. The molecular formula is C13H24N4O2. The normalized spacial score (nSPS) is 11.6. The highest BCUT2D eigenvalue weighted by molar-refractivity contribution is 5.90. The van der Waals surface area contributed by atoms with Crippen LogP contribution in [-0.2, 0) is 11.2 Å². The molecule has 19 heavy (non-hydrogen) atoms. The lowest BCUT2D eigenvalue weighted by molar-refractivity contribution is 0.0911. The Bertz CT molecular complexity index is 401. The summed E-state index contributed by atoms with van der Waals surface area (Å²) in [6.45, 7) is 7.50. The highest BCUT2D eigenvalue weighted by atomic mass is 16.5. The summed E-state index contributed by atoms with van der Waals surface area (Å²) >= 11 is 0. The highest BCUT2D eigenvalue weighted by Crippen LogP contribution is 2.18. The summed E-state index contributed by atoms with van der Waals surface area (Å²) in [5.41, 5.74) is -0.00573. The summed E-state index contributed by atoms with van der Waals surface area (Å²) in [4.78, 5) is 16.1. The van der Waals surface area contributed by atoms with Gasteiger partial charge in [0.2, 0.25) is 5.82 Å². The van der Waals surface area contributed by atoms with Gasteiger partial charge in [0.15, 0.2) is 0 Å². The summed E-state index contributed by atoms with van der Waals surface area (Å²) in [7, 11) is 1.68. The largest absolute Gasteiger partial charge is 0.385 e. The lowest BCUT2D eigenvalue weighted by Crippen LogP contribution is -2.35. The van der Waals surface area contributed by atoms with E-state index >= 15 is 0 Å². The van der Waals surface area contributed by atoms with E-state index in [2.05, 4.69) is 41.3 Å². The number of ether oxygens (including phenoxy) is 1. The topological polar surface area (TPSA) is 79.9 Å². The van der Waals surface area contributed by atoms with Gasteiger partial charge in [0.05, 0.1) is 0 Å². The van der Waals surface area contributed by atoms with Gasteiger partial charge in [-0.05, 0) is 18.3 Å². The molecule has 0 saturated carbocycles. The van der Waals surface area contributed by atoms with Crippen LogP contribution in [0.2, 0.25) is 0 Å². The summed E-state index contributed by atoms with van der Waals surface area (Å²) < 4.78 is 5.06. The van der Waals surface area contributed by atoms with Crippen LogP contribution >= 0.6 is 0 Å². The number of carbonyl (C=O) groups is 1. The van der Waals surface area contributed by atoms with Crippen molar-refractivity contribution in [2.24, 2.45) is 5.41 Å². The van der Waals surface area contributed by atoms with E-state index in [9.17, 15) is 4.79 Å². The number of hydrogen-bond acceptors (Lipinski definition) is 4. The predicted molar refractivity (Wildman–Crippen MR) is 73.0 cm³/mol. The fourth-order valence-corrected chi connectivity index (χ4v) is 1.61. The minimum atomic E-state index is -0.232. The lowest BCUT2D eigenvalue weighted by atomic mass is 9.90. The minimum Gasteiger partial charge on any atom is -0.385 e. The second kappa shape index (κ2) is 7.23. The Labute approximate surface area is 114 Å². The van der Waals surface area contributed by atoms with Gasteiger partial charge in [-0.15, -0.1) is 5.10 Å². The van der Waals surface area contributed by atoms with Crippen molar-refractivity contribution in [3.05, 3.63) is 11.6 Å². The van der Waals surface area contributed by atoms with Gasteiger partial charge in [0.25, 0.3) is 5.91 Å². The molecule has 1 heterocycles. The van der Waals surface area contributed by atoms with Crippen LogP contribution in [0.5, 0.6) is 0 Å². The zero-order valence-corrected chi connectivity index (χ0v) is 12.2. The maximum absolute atomic E-state index is 11.9. The average Bonchev–Trinajstić information content (AvgIpc) is 2.83. The van der Waals surface area contributed by atoms with Crippen molar-refractivity contribution in [3.8, 4) is 0 Å². The van der Waals surface area contributed by atoms with Gasteiger partial charge >= 0.3 is 0 Å². The first-order valence-corrected chi connectivity index (χ1v) is 6.67. The van der Waals surface area contributed by atoms with Crippen molar-refractivity contribution in [2.75, 3.05) is 20.3 Å². The molecule has 1 aromatic rings. The van der Waals surface area contributed by atoms with Gasteiger partial charge in [0, 0.05) is 26.7 Å². The first kappa shape index (κ1) is 15.6. The Balaban J connectivity index is 2.45. The number of aromatic amines is 1. The molecule has 2 N–H and O–H groups in total. The number of amides is 1. The number of H-pyrrole nitrogens is 1. The van der Waals surface area contributed by atoms with Crippen LogP contribution < -0.4 is 5.32 Å². The first-order chi connectivity index (χ1) is 8.98. The van der Waals surface area contributed by atoms with Gasteiger partial charge in [-0.25, -0.2) is 4.98 Å². The van der Waals surface area contributed by atoms with Crippen molar-refractivity contribution in [3.63, 3.8) is 0 Å². The number of aromatic nitrogens is 3. The van der Waals surface area contributed by atoms with E-state index in [4.69, 9.17) is 4.74 Å². The maximum Gasteiger partial charge on any atom is 0.290 e. The average molecular weight is 268 g/mol. The third-order valence-corrected chi connectivity index (χ3v) is 2.93. The number of hydrogen-bond donors (Lipinski definition) is 2. The molecule has 0 saturated heterocycles. The van der Waals surface area contributed by atoms with Crippen LogP contribution in [0.25, 0.3) is 0 Å². The van der Waals surface area contributed by atoms with Crippen LogP contribution in [0.1, 0.15) is 50.1 Å². The Hall–Kier alpha value is -1.43. The fraction of sp³-hybridized carbons (Fsp3) is 0.769. The summed E-state index contributed by atoms with van der Waals surface area (Å²) in [6.07, 6.45) is 2.67. The number of nitrogens with one attached hydrogen (secondary N) is 2. The molecule has 1 amide bonds. The van der Waals surface area contributed by atoms with Crippen molar-refractivity contribution >= 4 is 5.91 Å². The number of nitrogens with zero attached hydrogens (tertiary/aromatic N) is 2. The number of carbonyl (C=O) groups excluding carboxylic acids is 1. The van der Waals surface area contributed by atoms with E-state index in [-0.39, 0.29) is 17.1 Å². The summed E-state index contributed by atoms with van der Waals surface area (Å²) in [5.74, 6) is 0.737. The zero-order chi connectivity index (χ0) is 14.3. The molecular weight excluding hydrogens is 244 g/mol. The molecule has 0 bridgehead atoms. The van der Waals surface area contributed by atoms with Crippen LogP contribution in [0.4, 0.5) is 0 Å². The van der Waals surface area contributed by atoms with Gasteiger partial charge in [-0.2, -0.15) is 0 Å². The molecule has 108 valence electrons.